The van der Waals surface area contributed by atoms with Gasteiger partial charge in [0.25, 0.3) is 5.91 Å². The molecule has 0 unspecified atom stereocenters. The number of amides is 2. The highest BCUT2D eigenvalue weighted by atomic mass is 32.2. The van der Waals surface area contributed by atoms with Crippen molar-refractivity contribution in [3.8, 4) is 0 Å². The molecule has 1 aliphatic carbocycles. The number of ether oxygens (including phenoxy) is 1. The van der Waals surface area contributed by atoms with Gasteiger partial charge in [-0.05, 0) is 42.7 Å². The summed E-state index contributed by atoms with van der Waals surface area (Å²) in [5.41, 5.74) is 1.59. The standard InChI is InChI=1S/C23H27N3O5S/c27-22(18-6-4-7-18)25-19-8-3-5-17(15-19)16-24-23(28)20-9-1-2-10-21(20)32(29,30)26-11-13-31-14-12-26/h1-3,5,8-10,15,18H,4,6-7,11-14,16H2,(H,24,28)(H,25,27). The molecule has 2 N–H and O–H groups in total. The van der Waals surface area contributed by atoms with Crippen LogP contribution in [-0.4, -0.2) is 50.8 Å². The summed E-state index contributed by atoms with van der Waals surface area (Å²) >= 11 is 0. The number of benzene rings is 2. The number of rotatable bonds is 7. The van der Waals surface area contributed by atoms with E-state index in [1.807, 2.05) is 24.3 Å². The lowest BCUT2D eigenvalue weighted by atomic mass is 9.85. The van der Waals surface area contributed by atoms with Gasteiger partial charge in [0.1, 0.15) is 0 Å². The third kappa shape index (κ3) is 5.01. The van der Waals surface area contributed by atoms with Crippen LogP contribution < -0.4 is 10.6 Å². The molecular formula is C23H27N3O5S. The van der Waals surface area contributed by atoms with Gasteiger partial charge in [0.2, 0.25) is 15.9 Å². The Hall–Kier alpha value is -2.75. The Morgan fingerprint density at radius 3 is 2.50 bits per heavy atom. The molecule has 0 bridgehead atoms. The highest BCUT2D eigenvalue weighted by Gasteiger charge is 2.30. The number of nitrogens with zero attached hydrogens (tertiary/aromatic N) is 1. The second kappa shape index (κ2) is 9.81. The number of hydrogen-bond donors (Lipinski definition) is 2. The van der Waals surface area contributed by atoms with Crippen LogP contribution in [0.25, 0.3) is 0 Å². The van der Waals surface area contributed by atoms with Crippen LogP contribution in [0.4, 0.5) is 5.69 Å². The zero-order valence-corrected chi connectivity index (χ0v) is 18.6. The highest BCUT2D eigenvalue weighted by Crippen LogP contribution is 2.27. The van der Waals surface area contributed by atoms with Gasteiger partial charge < -0.3 is 15.4 Å². The number of sulfonamides is 1. The van der Waals surface area contributed by atoms with E-state index in [1.165, 1.54) is 16.4 Å². The predicted octanol–water partition coefficient (Wildman–Crippen LogP) is 2.38. The summed E-state index contributed by atoms with van der Waals surface area (Å²) < 4.78 is 32.7. The smallest absolute Gasteiger partial charge is 0.252 e. The Labute approximate surface area is 188 Å². The summed E-state index contributed by atoms with van der Waals surface area (Å²) in [7, 11) is -3.80. The fourth-order valence-electron chi connectivity index (χ4n) is 3.76. The van der Waals surface area contributed by atoms with Crippen molar-refractivity contribution in [3.05, 3.63) is 59.7 Å². The Bertz CT molecular complexity index is 1090. The number of nitrogens with one attached hydrogen (secondary N) is 2. The molecule has 4 rings (SSSR count). The number of hydrogen-bond acceptors (Lipinski definition) is 5. The third-order valence-corrected chi connectivity index (χ3v) is 7.80. The molecule has 2 aromatic carbocycles. The van der Waals surface area contributed by atoms with E-state index >= 15 is 0 Å². The molecule has 1 saturated carbocycles. The van der Waals surface area contributed by atoms with Crippen LogP contribution in [0.5, 0.6) is 0 Å². The van der Waals surface area contributed by atoms with Gasteiger partial charge in [0, 0.05) is 31.2 Å². The van der Waals surface area contributed by atoms with Crippen molar-refractivity contribution in [1.29, 1.82) is 0 Å². The average molecular weight is 458 g/mol. The van der Waals surface area contributed by atoms with Gasteiger partial charge in [0.15, 0.2) is 0 Å². The van der Waals surface area contributed by atoms with Gasteiger partial charge in [-0.15, -0.1) is 0 Å². The molecule has 2 aromatic rings. The normalized spacial score (nSPS) is 17.4. The van der Waals surface area contributed by atoms with Crippen LogP contribution in [-0.2, 0) is 26.1 Å². The second-order valence-electron chi connectivity index (χ2n) is 8.01. The first-order chi connectivity index (χ1) is 15.4. The lowest BCUT2D eigenvalue weighted by molar-refractivity contribution is -0.122. The summed E-state index contributed by atoms with van der Waals surface area (Å²) in [6, 6.07) is 13.5. The fourth-order valence-corrected chi connectivity index (χ4v) is 5.35. The number of morpholine rings is 1. The van der Waals surface area contributed by atoms with Crippen molar-refractivity contribution in [2.75, 3.05) is 31.6 Å². The molecule has 0 radical (unpaired) electrons. The Morgan fingerprint density at radius 1 is 1.03 bits per heavy atom. The molecule has 1 saturated heterocycles. The molecule has 2 aliphatic rings. The minimum absolute atomic E-state index is 0.0130. The van der Waals surface area contributed by atoms with E-state index in [-0.39, 0.29) is 41.9 Å². The number of anilines is 1. The van der Waals surface area contributed by atoms with Crippen molar-refractivity contribution < 1.29 is 22.7 Å². The second-order valence-corrected chi connectivity index (χ2v) is 9.92. The first-order valence-corrected chi connectivity index (χ1v) is 12.2. The van der Waals surface area contributed by atoms with Gasteiger partial charge in [-0.25, -0.2) is 8.42 Å². The van der Waals surface area contributed by atoms with Crippen molar-refractivity contribution in [2.24, 2.45) is 5.92 Å². The van der Waals surface area contributed by atoms with E-state index in [1.54, 1.807) is 12.1 Å². The van der Waals surface area contributed by atoms with Gasteiger partial charge in [0.05, 0.1) is 23.7 Å². The first-order valence-electron chi connectivity index (χ1n) is 10.8. The van der Waals surface area contributed by atoms with Crippen molar-refractivity contribution in [3.63, 3.8) is 0 Å². The van der Waals surface area contributed by atoms with Gasteiger partial charge in [-0.2, -0.15) is 4.31 Å². The van der Waals surface area contributed by atoms with Crippen LogP contribution >= 0.6 is 0 Å². The van der Waals surface area contributed by atoms with E-state index in [9.17, 15) is 18.0 Å². The Morgan fingerprint density at radius 2 is 1.78 bits per heavy atom. The minimum Gasteiger partial charge on any atom is -0.379 e. The molecule has 170 valence electrons. The molecule has 1 aliphatic heterocycles. The van der Waals surface area contributed by atoms with Crippen LogP contribution in [0, 0.1) is 5.92 Å². The SMILES string of the molecule is O=C(NCc1cccc(NC(=O)C2CCC2)c1)c1ccccc1S(=O)(=O)N1CCOCC1. The molecule has 8 nitrogen and oxygen atoms in total. The van der Waals surface area contributed by atoms with Crippen molar-refractivity contribution >= 4 is 27.5 Å². The number of carbonyl (C=O) groups is 2. The van der Waals surface area contributed by atoms with Crippen molar-refractivity contribution in [1.82, 2.24) is 9.62 Å². The largest absolute Gasteiger partial charge is 0.379 e. The molecule has 9 heteroatoms. The Kier molecular flexibility index (Phi) is 6.88. The maximum Gasteiger partial charge on any atom is 0.252 e. The van der Waals surface area contributed by atoms with E-state index in [0.29, 0.717) is 18.9 Å². The van der Waals surface area contributed by atoms with Crippen LogP contribution in [0.15, 0.2) is 53.4 Å². The summed E-state index contributed by atoms with van der Waals surface area (Å²) in [6.07, 6.45) is 2.94. The molecule has 2 amide bonds. The average Bonchev–Trinajstić information content (AvgIpc) is 2.77. The molecule has 0 spiro atoms. The van der Waals surface area contributed by atoms with E-state index < -0.39 is 15.9 Å². The quantitative estimate of drug-likeness (QED) is 0.664. The van der Waals surface area contributed by atoms with E-state index in [2.05, 4.69) is 10.6 Å². The fraction of sp³-hybridized carbons (Fsp3) is 0.391. The topological polar surface area (TPSA) is 105 Å². The molecule has 0 aromatic heterocycles. The molecule has 2 fully saturated rings. The summed E-state index contributed by atoms with van der Waals surface area (Å²) in [5, 5.41) is 5.72. The van der Waals surface area contributed by atoms with Gasteiger partial charge >= 0.3 is 0 Å². The predicted molar refractivity (Wildman–Crippen MR) is 120 cm³/mol. The molecule has 0 atom stereocenters. The summed E-state index contributed by atoms with van der Waals surface area (Å²) in [5.74, 6) is -0.357. The Balaban J connectivity index is 1.44. The first kappa shape index (κ1) is 22.4. The van der Waals surface area contributed by atoms with Gasteiger partial charge in [-0.3, -0.25) is 9.59 Å². The third-order valence-electron chi connectivity index (χ3n) is 5.84. The zero-order chi connectivity index (χ0) is 22.6. The van der Waals surface area contributed by atoms with E-state index in [4.69, 9.17) is 4.74 Å². The maximum atomic E-state index is 13.1. The molecular weight excluding hydrogens is 430 g/mol. The lowest BCUT2D eigenvalue weighted by Crippen LogP contribution is -2.41. The minimum atomic E-state index is -3.80. The molecule has 1 heterocycles. The van der Waals surface area contributed by atoms with Crippen LogP contribution in [0.3, 0.4) is 0 Å². The molecule has 32 heavy (non-hydrogen) atoms. The van der Waals surface area contributed by atoms with Crippen molar-refractivity contribution in [2.45, 2.75) is 30.7 Å². The summed E-state index contributed by atoms with van der Waals surface area (Å²) in [4.78, 5) is 25.0. The van der Waals surface area contributed by atoms with Gasteiger partial charge in [-0.1, -0.05) is 30.7 Å². The van der Waals surface area contributed by atoms with E-state index in [0.717, 1.165) is 24.8 Å². The van der Waals surface area contributed by atoms with Crippen LogP contribution in [0.1, 0.15) is 35.2 Å². The van der Waals surface area contributed by atoms with Crippen LogP contribution in [0.2, 0.25) is 0 Å². The summed E-state index contributed by atoms with van der Waals surface area (Å²) in [6.45, 7) is 1.40. The maximum absolute atomic E-state index is 13.1. The lowest BCUT2D eigenvalue weighted by Gasteiger charge is -2.26. The highest BCUT2D eigenvalue weighted by molar-refractivity contribution is 7.89. The monoisotopic (exact) mass is 457 g/mol. The zero-order valence-electron chi connectivity index (χ0n) is 17.7. The number of carbonyl (C=O) groups excluding carboxylic acids is 2.